The highest BCUT2D eigenvalue weighted by Crippen LogP contribution is 2.64. The average Bonchev–Trinajstić information content (AvgIpc) is 3.57. The molecule has 0 bridgehead atoms. The van der Waals surface area contributed by atoms with Gasteiger partial charge in [0.25, 0.3) is 11.8 Å². The van der Waals surface area contributed by atoms with Crippen molar-refractivity contribution in [3.8, 4) is 17.2 Å². The summed E-state index contributed by atoms with van der Waals surface area (Å²) in [6, 6.07) is 22.9. The van der Waals surface area contributed by atoms with Crippen molar-refractivity contribution < 1.29 is 38.6 Å². The summed E-state index contributed by atoms with van der Waals surface area (Å²) in [5, 5.41) is 12.4. The van der Waals surface area contributed by atoms with E-state index < -0.39 is 52.7 Å². The zero-order valence-corrected chi connectivity index (χ0v) is 32.1. The molecular weight excluding hydrogens is 757 g/mol. The fraction of sp³-hybridized carbons (Fsp3) is 0.279. The van der Waals surface area contributed by atoms with Crippen LogP contribution in [-0.2, 0) is 24.6 Å². The lowest BCUT2D eigenvalue weighted by Crippen LogP contribution is -2.53. The quantitative estimate of drug-likeness (QED) is 0.100. The Kier molecular flexibility index (Phi) is 9.41. The number of hydrogen-bond acceptors (Lipinski definition) is 9. The van der Waals surface area contributed by atoms with Gasteiger partial charge in [0, 0.05) is 16.5 Å². The third-order valence-electron chi connectivity index (χ3n) is 11.7. The van der Waals surface area contributed by atoms with Crippen LogP contribution in [0.4, 0.5) is 11.4 Å². The van der Waals surface area contributed by atoms with E-state index >= 15 is 4.79 Å². The summed E-state index contributed by atoms with van der Waals surface area (Å²) in [7, 11) is 1.53. The number of Topliss-reactive ketones (excluding diaryl/α,β-unsaturated/α-hetero) is 1. The predicted molar refractivity (Wildman–Crippen MR) is 209 cm³/mol. The van der Waals surface area contributed by atoms with Crippen LogP contribution in [0.5, 0.6) is 17.2 Å². The molecule has 3 fully saturated rings. The molecule has 56 heavy (non-hydrogen) atoms. The first kappa shape index (κ1) is 37.3. The van der Waals surface area contributed by atoms with Gasteiger partial charge in [0.2, 0.25) is 11.8 Å². The van der Waals surface area contributed by atoms with Gasteiger partial charge >= 0.3 is 0 Å². The van der Waals surface area contributed by atoms with Crippen molar-refractivity contribution in [2.24, 2.45) is 23.7 Å². The maximum Gasteiger partial charge on any atom is 0.260 e. The summed E-state index contributed by atoms with van der Waals surface area (Å²) in [6.45, 7) is 3.48. The van der Waals surface area contributed by atoms with Crippen LogP contribution in [0.1, 0.15) is 54.1 Å². The van der Waals surface area contributed by atoms with E-state index in [0.29, 0.717) is 33.1 Å². The Hall–Kier alpha value is -5.65. The highest BCUT2D eigenvalue weighted by atomic mass is 35.5. The second kappa shape index (κ2) is 14.1. The number of phenolic OH excluding ortho intramolecular Hbond substituents is 1. The van der Waals surface area contributed by atoms with E-state index in [1.165, 1.54) is 31.1 Å². The third-order valence-corrected chi connectivity index (χ3v) is 12.3. The number of ether oxygens (including phenoxy) is 2. The first-order chi connectivity index (χ1) is 26.9. The lowest BCUT2D eigenvalue weighted by Gasteiger charge is -2.50. The normalized spacial score (nSPS) is 25.4. The molecule has 6 unspecified atom stereocenters. The van der Waals surface area contributed by atoms with E-state index in [0.717, 1.165) is 10.6 Å². The molecule has 0 spiro atoms. The molecule has 4 amide bonds. The fourth-order valence-electron chi connectivity index (χ4n) is 9.30. The van der Waals surface area contributed by atoms with Crippen molar-refractivity contribution >= 4 is 64.0 Å². The smallest absolute Gasteiger partial charge is 0.260 e. The molecule has 8 rings (SSSR count). The number of fused-ring (bicyclic) bond motifs is 4. The number of amides is 4. The van der Waals surface area contributed by atoms with Crippen LogP contribution in [0.3, 0.4) is 0 Å². The van der Waals surface area contributed by atoms with Crippen molar-refractivity contribution in [1.82, 2.24) is 5.01 Å². The largest absolute Gasteiger partial charge is 0.504 e. The Bertz CT molecular complexity index is 2350. The molecule has 4 aromatic carbocycles. The van der Waals surface area contributed by atoms with Crippen molar-refractivity contribution in [1.29, 1.82) is 0 Å². The highest BCUT2D eigenvalue weighted by Gasteiger charge is 2.70. The van der Waals surface area contributed by atoms with Crippen LogP contribution in [0.25, 0.3) is 0 Å². The van der Waals surface area contributed by atoms with Crippen LogP contribution in [0, 0.1) is 23.7 Å². The fourth-order valence-corrected chi connectivity index (χ4v) is 9.75. The van der Waals surface area contributed by atoms with Crippen LogP contribution in [0.15, 0.2) is 96.6 Å². The number of hydrazine groups is 1. The number of imide groups is 2. The molecule has 4 aromatic rings. The molecular formula is C43H37Cl2N3O8. The number of carbonyl (C=O) groups is 5. The Morgan fingerprint density at radius 3 is 2.30 bits per heavy atom. The number of benzene rings is 4. The Morgan fingerprint density at radius 1 is 0.911 bits per heavy atom. The second-order valence-electron chi connectivity index (χ2n) is 14.5. The molecule has 2 N–H and O–H groups in total. The molecule has 286 valence electrons. The Balaban J connectivity index is 1.32. The minimum absolute atomic E-state index is 0.0686. The van der Waals surface area contributed by atoms with Gasteiger partial charge in [-0.1, -0.05) is 53.1 Å². The lowest BCUT2D eigenvalue weighted by atomic mass is 9.49. The Labute approximate surface area is 332 Å². The van der Waals surface area contributed by atoms with Crippen LogP contribution >= 0.6 is 23.2 Å². The van der Waals surface area contributed by atoms with Gasteiger partial charge in [-0.25, -0.2) is 0 Å². The topological polar surface area (TPSA) is 143 Å². The molecule has 0 aromatic heterocycles. The number of carbonyl (C=O) groups excluding carboxylic acids is 5. The van der Waals surface area contributed by atoms with Gasteiger partial charge in [0.1, 0.15) is 5.75 Å². The number of aromatic hydroxyl groups is 1. The van der Waals surface area contributed by atoms with Gasteiger partial charge in [-0.15, -0.1) is 0 Å². The van der Waals surface area contributed by atoms with E-state index in [9.17, 15) is 24.3 Å². The zero-order chi connectivity index (χ0) is 39.6. The van der Waals surface area contributed by atoms with E-state index in [1.807, 2.05) is 6.08 Å². The molecule has 2 aliphatic heterocycles. The standard InChI is InChI=1S/C43H37Cl2N3O8/c1-4-56-36-19-24(7-18-35(36)50)38-29-15-16-30-37(41(53)47(39(30)51)27-11-5-23(6-12-27)22(2)49)31(29)21-32-40(52)48(46-34-17-10-26(44)20-33(34)45)42(54)43(32,38)25-8-13-28(55-3)14-9-25/h5-15,17-20,30-32,37-38,46,50H,4,16,21H2,1-3H3. The van der Waals surface area contributed by atoms with Gasteiger partial charge in [0.05, 0.1) is 53.3 Å². The Morgan fingerprint density at radius 2 is 1.64 bits per heavy atom. The van der Waals surface area contributed by atoms with E-state index in [-0.39, 0.29) is 53.3 Å². The maximum atomic E-state index is 15.5. The first-order valence-electron chi connectivity index (χ1n) is 18.3. The maximum absolute atomic E-state index is 15.5. The van der Waals surface area contributed by atoms with Crippen molar-refractivity contribution in [3.05, 3.63) is 123 Å². The number of rotatable bonds is 9. The molecule has 2 heterocycles. The number of methoxy groups -OCH3 is 1. The van der Waals surface area contributed by atoms with Gasteiger partial charge in [-0.05, 0) is 110 Å². The number of phenols is 1. The van der Waals surface area contributed by atoms with E-state index in [4.69, 9.17) is 32.7 Å². The molecule has 4 aliphatic rings. The minimum Gasteiger partial charge on any atom is -0.504 e. The highest BCUT2D eigenvalue weighted by molar-refractivity contribution is 6.36. The van der Waals surface area contributed by atoms with Gasteiger partial charge in [0.15, 0.2) is 17.3 Å². The van der Waals surface area contributed by atoms with Crippen LogP contribution < -0.4 is 19.8 Å². The number of halogens is 2. The number of nitrogens with zero attached hydrogens (tertiary/aromatic N) is 2. The molecule has 6 atom stereocenters. The van der Waals surface area contributed by atoms with E-state index in [2.05, 4.69) is 5.43 Å². The molecule has 2 aliphatic carbocycles. The molecule has 0 radical (unpaired) electrons. The van der Waals surface area contributed by atoms with Gasteiger partial charge in [-0.3, -0.25) is 34.3 Å². The van der Waals surface area contributed by atoms with Crippen molar-refractivity contribution in [2.75, 3.05) is 24.0 Å². The predicted octanol–water partition coefficient (Wildman–Crippen LogP) is 7.50. The lowest BCUT2D eigenvalue weighted by molar-refractivity contribution is -0.138. The van der Waals surface area contributed by atoms with Crippen LogP contribution in [0.2, 0.25) is 10.0 Å². The van der Waals surface area contributed by atoms with E-state index in [1.54, 1.807) is 79.7 Å². The summed E-state index contributed by atoms with van der Waals surface area (Å²) in [6.07, 6.45) is 2.23. The number of allylic oxidation sites excluding steroid dienone is 2. The summed E-state index contributed by atoms with van der Waals surface area (Å²) in [5.41, 5.74) is 4.31. The van der Waals surface area contributed by atoms with Gasteiger partial charge < -0.3 is 14.6 Å². The van der Waals surface area contributed by atoms with Crippen molar-refractivity contribution in [2.45, 2.75) is 38.0 Å². The number of nitrogens with one attached hydrogen (secondary N) is 1. The van der Waals surface area contributed by atoms with Crippen molar-refractivity contribution in [3.63, 3.8) is 0 Å². The molecule has 2 saturated heterocycles. The third kappa shape index (κ3) is 5.66. The summed E-state index contributed by atoms with van der Waals surface area (Å²) in [5.74, 6) is -5.49. The number of anilines is 2. The monoisotopic (exact) mass is 793 g/mol. The average molecular weight is 795 g/mol. The van der Waals surface area contributed by atoms with Gasteiger partial charge in [-0.2, -0.15) is 5.01 Å². The number of hydrogen-bond donors (Lipinski definition) is 2. The zero-order valence-electron chi connectivity index (χ0n) is 30.6. The van der Waals surface area contributed by atoms with Crippen LogP contribution in [-0.4, -0.2) is 53.2 Å². The molecule has 1 saturated carbocycles. The molecule has 11 nitrogen and oxygen atoms in total. The summed E-state index contributed by atoms with van der Waals surface area (Å²) >= 11 is 12.7. The molecule has 13 heteroatoms. The first-order valence-corrected chi connectivity index (χ1v) is 19.0. The minimum atomic E-state index is -1.58. The second-order valence-corrected chi connectivity index (χ2v) is 15.3. The summed E-state index contributed by atoms with van der Waals surface area (Å²) < 4.78 is 11.3. The summed E-state index contributed by atoms with van der Waals surface area (Å²) in [4.78, 5) is 72.4. The SMILES string of the molecule is CCOc1cc(C2C3=CCC4C(=O)N(c5ccc(C(C)=O)cc5)C(=O)C4C3CC3C(=O)N(Nc4ccc(Cl)cc4Cl)C(=O)C32c2ccc(OC)cc2)ccc1O. The number of ketones is 1.